The van der Waals surface area contributed by atoms with Gasteiger partial charge in [0.1, 0.15) is 10.7 Å². The van der Waals surface area contributed by atoms with Crippen molar-refractivity contribution < 1.29 is 4.79 Å². The van der Waals surface area contributed by atoms with Gasteiger partial charge in [0.15, 0.2) is 0 Å². The van der Waals surface area contributed by atoms with Crippen molar-refractivity contribution in [2.75, 3.05) is 26.2 Å². The fraction of sp³-hybridized carbons (Fsp3) is 0.321. The van der Waals surface area contributed by atoms with Gasteiger partial charge in [0, 0.05) is 36.6 Å². The van der Waals surface area contributed by atoms with Crippen LogP contribution in [0, 0.1) is 20.8 Å². The number of aromatic amines is 1. The molecule has 35 heavy (non-hydrogen) atoms. The summed E-state index contributed by atoms with van der Waals surface area (Å²) in [7, 11) is 0. The molecule has 4 aromatic rings. The van der Waals surface area contributed by atoms with E-state index in [1.165, 1.54) is 5.56 Å². The van der Waals surface area contributed by atoms with Gasteiger partial charge in [-0.25, -0.2) is 4.98 Å². The molecule has 0 aliphatic carbocycles. The van der Waals surface area contributed by atoms with Crippen LogP contribution in [-0.4, -0.2) is 51.9 Å². The molecule has 1 aliphatic heterocycles. The van der Waals surface area contributed by atoms with E-state index in [2.05, 4.69) is 41.1 Å². The van der Waals surface area contributed by atoms with Gasteiger partial charge in [-0.15, -0.1) is 11.3 Å². The minimum atomic E-state index is -0.0861. The van der Waals surface area contributed by atoms with E-state index >= 15 is 0 Å². The summed E-state index contributed by atoms with van der Waals surface area (Å²) < 4.78 is 0. The number of aryl methyl sites for hydroxylation is 3. The van der Waals surface area contributed by atoms with Crippen molar-refractivity contribution in [3.8, 4) is 11.1 Å². The van der Waals surface area contributed by atoms with Crippen LogP contribution in [0.4, 0.5) is 0 Å². The van der Waals surface area contributed by atoms with E-state index in [1.807, 2.05) is 43.0 Å². The number of carbonyl (C=O) groups is 1. The minimum absolute atomic E-state index is 0.0861. The minimum Gasteiger partial charge on any atom is -0.340 e. The number of piperazine rings is 1. The Morgan fingerprint density at radius 3 is 2.43 bits per heavy atom. The summed E-state index contributed by atoms with van der Waals surface area (Å²) in [5.74, 6) is 0.850. The largest absolute Gasteiger partial charge is 0.340 e. The van der Waals surface area contributed by atoms with Crippen LogP contribution in [0.25, 0.3) is 21.3 Å². The summed E-state index contributed by atoms with van der Waals surface area (Å²) in [6.07, 6.45) is 0.444. The lowest BCUT2D eigenvalue weighted by Gasteiger charge is -2.34. The van der Waals surface area contributed by atoms with Crippen LogP contribution in [0.5, 0.6) is 0 Å². The summed E-state index contributed by atoms with van der Waals surface area (Å²) in [6, 6.07) is 16.3. The number of rotatable bonds is 5. The molecule has 0 atom stereocenters. The molecule has 7 heteroatoms. The number of thiophene rings is 1. The van der Waals surface area contributed by atoms with Crippen LogP contribution in [0.15, 0.2) is 53.3 Å². The average Bonchev–Trinajstić information content (AvgIpc) is 3.17. The molecular weight excluding hydrogens is 456 g/mol. The van der Waals surface area contributed by atoms with E-state index < -0.39 is 0 Å². The first-order chi connectivity index (χ1) is 16.9. The lowest BCUT2D eigenvalue weighted by molar-refractivity contribution is -0.132. The quantitative estimate of drug-likeness (QED) is 0.452. The Kier molecular flexibility index (Phi) is 6.54. The summed E-state index contributed by atoms with van der Waals surface area (Å²) in [6.45, 7) is 9.63. The standard InChI is InChI=1S/C28H30N4O2S/c1-18-8-10-21(11-9-18)25-20(3)35-28-26(25)27(34)29-23(30-28)17-31-12-14-32(15-13-31)24(33)16-22-7-5-4-6-19(22)2/h4-11H,12-17H2,1-3H3,(H,29,30,34). The molecule has 3 heterocycles. The van der Waals surface area contributed by atoms with Crippen LogP contribution in [0.2, 0.25) is 0 Å². The number of hydrogen-bond acceptors (Lipinski definition) is 5. The molecule has 0 saturated carbocycles. The normalized spacial score (nSPS) is 14.5. The molecule has 1 N–H and O–H groups in total. The van der Waals surface area contributed by atoms with Crippen molar-refractivity contribution in [2.45, 2.75) is 33.7 Å². The number of hydrogen-bond donors (Lipinski definition) is 1. The van der Waals surface area contributed by atoms with Gasteiger partial charge < -0.3 is 9.88 Å². The molecule has 1 amide bonds. The smallest absolute Gasteiger partial charge is 0.260 e. The van der Waals surface area contributed by atoms with Gasteiger partial charge in [0.2, 0.25) is 5.91 Å². The van der Waals surface area contributed by atoms with Crippen molar-refractivity contribution in [1.29, 1.82) is 0 Å². The maximum Gasteiger partial charge on any atom is 0.260 e. The van der Waals surface area contributed by atoms with Gasteiger partial charge >= 0.3 is 0 Å². The Morgan fingerprint density at radius 2 is 1.71 bits per heavy atom. The first-order valence-electron chi connectivity index (χ1n) is 12.0. The van der Waals surface area contributed by atoms with E-state index in [0.29, 0.717) is 37.3 Å². The first-order valence-corrected chi connectivity index (χ1v) is 12.8. The highest BCUT2D eigenvalue weighted by atomic mass is 32.1. The summed E-state index contributed by atoms with van der Waals surface area (Å²) in [5.41, 5.74) is 5.37. The maximum absolute atomic E-state index is 13.1. The molecule has 2 aromatic heterocycles. The molecule has 0 radical (unpaired) electrons. The van der Waals surface area contributed by atoms with Crippen molar-refractivity contribution in [2.24, 2.45) is 0 Å². The Morgan fingerprint density at radius 1 is 1.00 bits per heavy atom. The van der Waals surface area contributed by atoms with Gasteiger partial charge in [-0.3, -0.25) is 14.5 Å². The fourth-order valence-corrected chi connectivity index (χ4v) is 5.82. The monoisotopic (exact) mass is 486 g/mol. The van der Waals surface area contributed by atoms with Gasteiger partial charge in [0.25, 0.3) is 5.56 Å². The number of aromatic nitrogens is 2. The molecule has 180 valence electrons. The van der Waals surface area contributed by atoms with E-state index in [1.54, 1.807) is 11.3 Å². The number of nitrogens with one attached hydrogen (secondary N) is 1. The van der Waals surface area contributed by atoms with Crippen molar-refractivity contribution in [3.05, 3.63) is 86.3 Å². The van der Waals surface area contributed by atoms with Gasteiger partial charge in [-0.1, -0.05) is 54.1 Å². The third-order valence-electron chi connectivity index (χ3n) is 6.83. The van der Waals surface area contributed by atoms with Gasteiger partial charge in [-0.2, -0.15) is 0 Å². The second-order valence-corrected chi connectivity index (χ2v) is 10.6. The zero-order valence-electron chi connectivity index (χ0n) is 20.4. The van der Waals surface area contributed by atoms with Crippen LogP contribution < -0.4 is 5.56 Å². The number of H-pyrrole nitrogens is 1. The lowest BCUT2D eigenvalue weighted by atomic mass is 10.0. The summed E-state index contributed by atoms with van der Waals surface area (Å²) >= 11 is 1.57. The second-order valence-electron chi connectivity index (χ2n) is 9.35. The molecular formula is C28H30N4O2S. The third kappa shape index (κ3) is 4.92. The zero-order chi connectivity index (χ0) is 24.5. The fourth-order valence-electron chi connectivity index (χ4n) is 4.76. The van der Waals surface area contributed by atoms with E-state index in [9.17, 15) is 9.59 Å². The maximum atomic E-state index is 13.1. The highest BCUT2D eigenvalue weighted by Crippen LogP contribution is 2.35. The molecule has 1 saturated heterocycles. The Balaban J connectivity index is 1.27. The Labute approximate surface area is 209 Å². The van der Waals surface area contributed by atoms with Crippen LogP contribution in [0.1, 0.15) is 27.4 Å². The average molecular weight is 487 g/mol. The van der Waals surface area contributed by atoms with Gasteiger partial charge in [0.05, 0.1) is 18.4 Å². The Bertz CT molecular complexity index is 1430. The predicted molar refractivity (Wildman–Crippen MR) is 142 cm³/mol. The number of nitrogens with zero attached hydrogens (tertiary/aromatic N) is 3. The molecule has 1 aliphatic rings. The number of benzene rings is 2. The highest BCUT2D eigenvalue weighted by molar-refractivity contribution is 7.19. The molecule has 6 nitrogen and oxygen atoms in total. The van der Waals surface area contributed by atoms with E-state index in [0.717, 1.165) is 45.1 Å². The van der Waals surface area contributed by atoms with Crippen LogP contribution in [0.3, 0.4) is 0 Å². The topological polar surface area (TPSA) is 69.3 Å². The van der Waals surface area contributed by atoms with Gasteiger partial charge in [-0.05, 0) is 37.5 Å². The number of fused-ring (bicyclic) bond motifs is 1. The van der Waals surface area contributed by atoms with Crippen molar-refractivity contribution in [1.82, 2.24) is 19.8 Å². The van der Waals surface area contributed by atoms with Crippen LogP contribution >= 0.6 is 11.3 Å². The SMILES string of the molecule is Cc1ccc(-c2c(C)sc3nc(CN4CCN(C(=O)Cc5ccccc5C)CC4)[nH]c(=O)c23)cc1. The second kappa shape index (κ2) is 9.76. The molecule has 2 aromatic carbocycles. The third-order valence-corrected chi connectivity index (χ3v) is 7.83. The highest BCUT2D eigenvalue weighted by Gasteiger charge is 2.23. The summed E-state index contributed by atoms with van der Waals surface area (Å²) in [4.78, 5) is 39.8. The first kappa shape index (κ1) is 23.5. The van der Waals surface area contributed by atoms with E-state index in [4.69, 9.17) is 4.98 Å². The van der Waals surface area contributed by atoms with Crippen molar-refractivity contribution >= 4 is 27.5 Å². The zero-order valence-corrected chi connectivity index (χ0v) is 21.2. The molecule has 0 bridgehead atoms. The lowest BCUT2D eigenvalue weighted by Crippen LogP contribution is -2.49. The molecule has 1 fully saturated rings. The summed E-state index contributed by atoms with van der Waals surface area (Å²) in [5, 5.41) is 0.673. The molecule has 0 unspecified atom stereocenters. The predicted octanol–water partition coefficient (Wildman–Crippen LogP) is 4.46. The molecule has 0 spiro atoms. The number of amides is 1. The number of carbonyl (C=O) groups excluding carboxylic acids is 1. The molecule has 5 rings (SSSR count). The van der Waals surface area contributed by atoms with Crippen molar-refractivity contribution in [3.63, 3.8) is 0 Å². The Hall–Kier alpha value is -3.29. The van der Waals surface area contributed by atoms with E-state index in [-0.39, 0.29) is 11.5 Å². The van der Waals surface area contributed by atoms with Crippen LogP contribution in [-0.2, 0) is 17.8 Å².